The number of aryl methyl sites for hydroxylation is 2. The lowest BCUT2D eigenvalue weighted by Gasteiger charge is -2.05. The summed E-state index contributed by atoms with van der Waals surface area (Å²) in [6.45, 7) is 5.86. The Labute approximate surface area is 152 Å². The van der Waals surface area contributed by atoms with Gasteiger partial charge in [-0.05, 0) is 12.8 Å². The van der Waals surface area contributed by atoms with Gasteiger partial charge in [0.05, 0.1) is 12.2 Å². The largest absolute Gasteiger partial charge is 0.370 e. The number of nitrogens with one attached hydrogen (secondary N) is 1. The molecule has 0 aromatic carbocycles. The van der Waals surface area contributed by atoms with Crippen molar-refractivity contribution in [3.63, 3.8) is 0 Å². The molecule has 1 heterocycles. The van der Waals surface area contributed by atoms with Gasteiger partial charge in [-0.15, -0.1) is 24.0 Å². The molecule has 0 aliphatic rings. The van der Waals surface area contributed by atoms with Gasteiger partial charge in [-0.2, -0.15) is 5.10 Å². The van der Waals surface area contributed by atoms with E-state index in [9.17, 15) is 0 Å². The van der Waals surface area contributed by atoms with E-state index >= 15 is 0 Å². The first-order valence-corrected chi connectivity index (χ1v) is 8.22. The van der Waals surface area contributed by atoms with Crippen LogP contribution in [0.15, 0.2) is 11.2 Å². The zero-order chi connectivity index (χ0) is 15.5. The van der Waals surface area contributed by atoms with Gasteiger partial charge in [0.25, 0.3) is 0 Å². The van der Waals surface area contributed by atoms with E-state index in [1.165, 1.54) is 32.1 Å². The summed E-state index contributed by atoms with van der Waals surface area (Å²) in [7, 11) is 1.94. The van der Waals surface area contributed by atoms with E-state index in [0.717, 1.165) is 30.6 Å². The number of nitrogens with zero attached hydrogens (tertiary/aromatic N) is 3. The van der Waals surface area contributed by atoms with Crippen molar-refractivity contribution in [3.05, 3.63) is 17.5 Å². The van der Waals surface area contributed by atoms with Gasteiger partial charge in [0.15, 0.2) is 5.96 Å². The van der Waals surface area contributed by atoms with Crippen LogP contribution in [0.4, 0.5) is 0 Å². The molecule has 0 fully saturated rings. The van der Waals surface area contributed by atoms with Gasteiger partial charge in [0.2, 0.25) is 0 Å². The van der Waals surface area contributed by atoms with Crippen molar-refractivity contribution in [2.45, 2.75) is 65.3 Å². The number of aliphatic imine (C=N–C) groups is 1. The molecule has 0 bridgehead atoms. The molecule has 22 heavy (non-hydrogen) atoms. The lowest BCUT2D eigenvalue weighted by atomic mass is 10.1. The van der Waals surface area contributed by atoms with Crippen LogP contribution in [0, 0.1) is 0 Å². The molecule has 0 amide bonds. The fourth-order valence-corrected chi connectivity index (χ4v) is 2.36. The molecule has 1 aromatic rings. The van der Waals surface area contributed by atoms with Crippen molar-refractivity contribution in [1.29, 1.82) is 0 Å². The fraction of sp³-hybridized carbons (Fsp3) is 0.750. The highest BCUT2D eigenvalue weighted by Gasteiger charge is 2.04. The Hall–Kier alpha value is -0.790. The van der Waals surface area contributed by atoms with E-state index in [-0.39, 0.29) is 24.0 Å². The van der Waals surface area contributed by atoms with Gasteiger partial charge in [-0.3, -0.25) is 4.68 Å². The first-order chi connectivity index (χ1) is 10.2. The van der Waals surface area contributed by atoms with Crippen molar-refractivity contribution < 1.29 is 0 Å². The van der Waals surface area contributed by atoms with Crippen molar-refractivity contribution in [2.24, 2.45) is 17.8 Å². The monoisotopic (exact) mass is 421 g/mol. The highest BCUT2D eigenvalue weighted by Crippen LogP contribution is 2.08. The summed E-state index contributed by atoms with van der Waals surface area (Å²) >= 11 is 0. The minimum absolute atomic E-state index is 0. The predicted octanol–water partition coefficient (Wildman–Crippen LogP) is 3.37. The maximum Gasteiger partial charge on any atom is 0.188 e. The SMILES string of the molecule is CCCCCCCCNC(N)=NCc1cn(C)nc1CC.I. The fourth-order valence-electron chi connectivity index (χ4n) is 2.36. The van der Waals surface area contributed by atoms with Gasteiger partial charge in [-0.25, -0.2) is 4.99 Å². The molecule has 3 N–H and O–H groups in total. The van der Waals surface area contributed by atoms with Gasteiger partial charge in [-0.1, -0.05) is 46.0 Å². The molecule has 6 heteroatoms. The molecular weight excluding hydrogens is 389 g/mol. The molecule has 1 aromatic heterocycles. The van der Waals surface area contributed by atoms with Gasteiger partial charge in [0.1, 0.15) is 0 Å². The van der Waals surface area contributed by atoms with Crippen LogP contribution in [0.2, 0.25) is 0 Å². The highest BCUT2D eigenvalue weighted by molar-refractivity contribution is 14.0. The molecule has 5 nitrogen and oxygen atoms in total. The lowest BCUT2D eigenvalue weighted by molar-refractivity contribution is 0.601. The summed E-state index contributed by atoms with van der Waals surface area (Å²) in [5.74, 6) is 0.537. The van der Waals surface area contributed by atoms with Crippen LogP contribution in [0.5, 0.6) is 0 Å². The number of hydrogen-bond acceptors (Lipinski definition) is 2. The summed E-state index contributed by atoms with van der Waals surface area (Å²) in [6, 6.07) is 0. The lowest BCUT2D eigenvalue weighted by Crippen LogP contribution is -2.32. The Kier molecular flexibility index (Phi) is 12.3. The second kappa shape index (κ2) is 12.7. The van der Waals surface area contributed by atoms with E-state index in [1.807, 2.05) is 17.9 Å². The van der Waals surface area contributed by atoms with Crippen LogP contribution in [-0.2, 0) is 20.0 Å². The number of nitrogens with two attached hydrogens (primary N) is 1. The smallest absolute Gasteiger partial charge is 0.188 e. The van der Waals surface area contributed by atoms with Crippen molar-refractivity contribution in [1.82, 2.24) is 15.1 Å². The quantitative estimate of drug-likeness (QED) is 0.264. The number of guanidine groups is 1. The standard InChI is InChI=1S/C16H31N5.HI/c1-4-6-7-8-9-10-11-18-16(17)19-12-14-13-21(3)20-15(14)5-2;/h13H,4-12H2,1-3H3,(H3,17,18,19);1H. The zero-order valence-electron chi connectivity index (χ0n) is 14.3. The number of hydrogen-bond donors (Lipinski definition) is 2. The van der Waals surface area contributed by atoms with Crippen molar-refractivity contribution >= 4 is 29.9 Å². The summed E-state index contributed by atoms with van der Waals surface area (Å²) < 4.78 is 1.84. The van der Waals surface area contributed by atoms with Crippen LogP contribution >= 0.6 is 24.0 Å². The molecule has 0 atom stereocenters. The van der Waals surface area contributed by atoms with Crippen LogP contribution in [0.1, 0.15) is 63.6 Å². The van der Waals surface area contributed by atoms with Gasteiger partial charge < -0.3 is 11.1 Å². The summed E-state index contributed by atoms with van der Waals surface area (Å²) in [6.07, 6.45) is 10.7. The predicted molar refractivity (Wildman–Crippen MR) is 105 cm³/mol. The van der Waals surface area contributed by atoms with Crippen LogP contribution < -0.4 is 11.1 Å². The van der Waals surface area contributed by atoms with E-state index in [2.05, 4.69) is 29.3 Å². The number of aromatic nitrogens is 2. The van der Waals surface area contributed by atoms with Crippen molar-refractivity contribution in [3.8, 4) is 0 Å². The average Bonchev–Trinajstić information content (AvgIpc) is 2.84. The minimum atomic E-state index is 0. The van der Waals surface area contributed by atoms with E-state index < -0.39 is 0 Å². The summed E-state index contributed by atoms with van der Waals surface area (Å²) in [4.78, 5) is 4.39. The number of unbranched alkanes of at least 4 members (excludes halogenated alkanes) is 5. The number of rotatable bonds is 10. The second-order valence-corrected chi connectivity index (χ2v) is 5.52. The molecular formula is C16H32IN5. The normalized spacial score (nSPS) is 11.3. The first kappa shape index (κ1) is 21.2. The minimum Gasteiger partial charge on any atom is -0.370 e. The first-order valence-electron chi connectivity index (χ1n) is 8.22. The molecule has 0 radical (unpaired) electrons. The molecule has 1 rings (SSSR count). The summed E-state index contributed by atoms with van der Waals surface area (Å²) in [5.41, 5.74) is 8.15. The van der Waals surface area contributed by atoms with E-state index in [0.29, 0.717) is 12.5 Å². The third kappa shape index (κ3) is 8.60. The van der Waals surface area contributed by atoms with E-state index in [4.69, 9.17) is 5.73 Å². The molecule has 0 unspecified atom stereocenters. The Morgan fingerprint density at radius 2 is 1.91 bits per heavy atom. The second-order valence-electron chi connectivity index (χ2n) is 5.52. The highest BCUT2D eigenvalue weighted by atomic mass is 127. The molecule has 0 saturated carbocycles. The molecule has 0 spiro atoms. The van der Waals surface area contributed by atoms with Crippen LogP contribution in [0.25, 0.3) is 0 Å². The van der Waals surface area contributed by atoms with Gasteiger partial charge in [0, 0.05) is 25.4 Å². The average molecular weight is 421 g/mol. The Balaban J connectivity index is 0.00000441. The van der Waals surface area contributed by atoms with E-state index in [1.54, 1.807) is 0 Å². The van der Waals surface area contributed by atoms with Crippen molar-refractivity contribution in [2.75, 3.05) is 6.54 Å². The Morgan fingerprint density at radius 1 is 1.23 bits per heavy atom. The third-order valence-corrected chi connectivity index (χ3v) is 3.58. The topological polar surface area (TPSA) is 68.2 Å². The molecule has 128 valence electrons. The Bertz CT molecular complexity index is 428. The maximum absolute atomic E-state index is 5.89. The maximum atomic E-state index is 5.89. The zero-order valence-corrected chi connectivity index (χ0v) is 16.6. The van der Waals surface area contributed by atoms with Gasteiger partial charge >= 0.3 is 0 Å². The van der Waals surface area contributed by atoms with Crippen LogP contribution in [0.3, 0.4) is 0 Å². The molecule has 0 saturated heterocycles. The Morgan fingerprint density at radius 3 is 2.59 bits per heavy atom. The molecule has 0 aliphatic carbocycles. The number of halogens is 1. The van der Waals surface area contributed by atoms with Crippen LogP contribution in [-0.4, -0.2) is 22.3 Å². The third-order valence-electron chi connectivity index (χ3n) is 3.58. The summed E-state index contributed by atoms with van der Waals surface area (Å²) in [5, 5.41) is 7.59. The molecule has 0 aliphatic heterocycles.